The molecular formula is C2H4IPS. The van der Waals surface area contributed by atoms with Gasteiger partial charge in [0.05, 0.1) is 0 Å². The molecule has 1 atom stereocenters. The van der Waals surface area contributed by atoms with Gasteiger partial charge in [-0.15, -0.1) is 0 Å². The van der Waals surface area contributed by atoms with Crippen molar-refractivity contribution in [1.29, 1.82) is 0 Å². The lowest BCUT2D eigenvalue weighted by atomic mass is 11.0. The van der Waals surface area contributed by atoms with Crippen LogP contribution in [0.15, 0.2) is 0 Å². The fraction of sp³-hybridized carbons (Fsp3) is 0.500. The second-order valence-electron chi connectivity index (χ2n) is 0.530. The van der Waals surface area contributed by atoms with Gasteiger partial charge in [-0.25, -0.2) is 0 Å². The summed E-state index contributed by atoms with van der Waals surface area (Å²) in [6, 6.07) is 0. The maximum atomic E-state index is 4.78. The van der Waals surface area contributed by atoms with Crippen LogP contribution in [0.4, 0.5) is 0 Å². The second-order valence-corrected chi connectivity index (χ2v) is 7.85. The summed E-state index contributed by atoms with van der Waals surface area (Å²) in [4.78, 5) is 0. The van der Waals surface area contributed by atoms with Crippen molar-refractivity contribution in [2.75, 3.05) is 0 Å². The smallest absolute Gasteiger partial charge is 0.00306 e. The molecule has 0 saturated heterocycles. The van der Waals surface area contributed by atoms with E-state index in [4.69, 9.17) is 11.8 Å². The van der Waals surface area contributed by atoms with E-state index in [1.165, 1.54) is 0 Å². The molecule has 0 N–H and O–H groups in total. The molecule has 0 aromatic rings. The molecule has 0 fully saturated rings. The maximum Gasteiger partial charge on any atom is 0.00306 e. The molecule has 0 spiro atoms. The number of hydrogen-bond donors (Lipinski definition) is 0. The average Bonchev–Trinajstić information content (AvgIpc) is 1.38. The Morgan fingerprint density at radius 2 is 2.20 bits per heavy atom. The van der Waals surface area contributed by atoms with Crippen molar-refractivity contribution in [2.24, 2.45) is 0 Å². The minimum absolute atomic E-state index is 0.170. The van der Waals surface area contributed by atoms with Crippen LogP contribution in [0.3, 0.4) is 0 Å². The van der Waals surface area contributed by atoms with Crippen molar-refractivity contribution in [3.63, 3.8) is 0 Å². The van der Waals surface area contributed by atoms with E-state index >= 15 is 0 Å². The Balaban J connectivity index is 3.62. The molecule has 3 heteroatoms. The largest absolute Gasteiger partial charge is 0.0519 e. The first-order chi connectivity index (χ1) is 2.27. The molecule has 5 heavy (non-hydrogen) atoms. The van der Waals surface area contributed by atoms with Gasteiger partial charge in [-0.3, -0.25) is 0 Å². The molecule has 0 nitrogen and oxygen atoms in total. The summed E-state index contributed by atoms with van der Waals surface area (Å²) >= 11 is 7.01. The van der Waals surface area contributed by atoms with E-state index in [1.807, 2.05) is 12.7 Å². The van der Waals surface area contributed by atoms with E-state index in [-0.39, 0.29) is 3.96 Å². The molecule has 0 radical (unpaired) electrons. The third-order valence-corrected chi connectivity index (χ3v) is 2.91. The number of rotatable bonds is 0. The highest BCUT2D eigenvalue weighted by atomic mass is 127. The van der Waals surface area contributed by atoms with Crippen LogP contribution in [0.25, 0.3) is 0 Å². The highest BCUT2D eigenvalue weighted by Crippen LogP contribution is 2.15. The zero-order chi connectivity index (χ0) is 4.28. The van der Waals surface area contributed by atoms with E-state index < -0.39 is 0 Å². The van der Waals surface area contributed by atoms with Crippen LogP contribution >= 0.6 is 26.0 Å². The minimum atomic E-state index is -0.170. The summed E-state index contributed by atoms with van der Waals surface area (Å²) in [5.41, 5.74) is 0. The molecule has 1 unspecified atom stereocenters. The van der Waals surface area contributed by atoms with Crippen molar-refractivity contribution in [1.82, 2.24) is 0 Å². The van der Waals surface area contributed by atoms with Crippen molar-refractivity contribution in [2.45, 2.75) is 6.92 Å². The first kappa shape index (κ1) is 6.12. The molecule has 0 aliphatic carbocycles. The minimum Gasteiger partial charge on any atom is -0.0519 e. The summed E-state index contributed by atoms with van der Waals surface area (Å²) in [6.45, 7) is 1.99. The fourth-order valence-corrected chi connectivity index (χ4v) is 0. The first-order valence-corrected chi connectivity index (χ1v) is 6.40. The van der Waals surface area contributed by atoms with E-state index in [0.717, 1.165) is 0 Å². The average molecular weight is 218 g/mol. The Hall–Kier alpha value is 1.12. The zero-order valence-corrected chi connectivity index (χ0v) is 6.68. The van der Waals surface area contributed by atoms with Gasteiger partial charge in [0, 0.05) is 3.96 Å². The van der Waals surface area contributed by atoms with Crippen LogP contribution in [0.1, 0.15) is 6.92 Å². The molecule has 0 aliphatic rings. The zero-order valence-electron chi connectivity index (χ0n) is 2.81. The van der Waals surface area contributed by atoms with Gasteiger partial charge in [0.25, 0.3) is 0 Å². The Kier molecular flexibility index (Phi) is 4.06. The first-order valence-electron chi connectivity index (χ1n) is 1.19. The van der Waals surface area contributed by atoms with Crippen molar-refractivity contribution < 1.29 is 0 Å². The summed E-state index contributed by atoms with van der Waals surface area (Å²) in [5, 5.41) is 0. The quantitative estimate of drug-likeness (QED) is 0.443. The monoisotopic (exact) mass is 218 g/mol. The Bertz CT molecular complexity index is 81.6. The van der Waals surface area contributed by atoms with Gasteiger partial charge in [-0.05, 0) is 34.8 Å². The molecule has 0 aromatic carbocycles. The lowest BCUT2D eigenvalue weighted by Gasteiger charge is -1.56. The molecule has 0 rings (SSSR count). The summed E-state index contributed by atoms with van der Waals surface area (Å²) in [7, 11) is 0. The standard InChI is InChI=1S/C2H4IPS/c1-2-4(3)5/h2H,1H3. The summed E-state index contributed by atoms with van der Waals surface area (Å²) < 4.78 is -0.170. The highest BCUT2D eigenvalue weighted by Gasteiger charge is 1.52. The maximum absolute atomic E-state index is 4.78. The van der Waals surface area contributed by atoms with Crippen LogP contribution in [0, 0.1) is 0 Å². The van der Waals surface area contributed by atoms with Crippen LogP contribution < -0.4 is 0 Å². The molecular weight excluding hydrogens is 214 g/mol. The van der Waals surface area contributed by atoms with E-state index in [0.29, 0.717) is 0 Å². The lowest BCUT2D eigenvalue weighted by molar-refractivity contribution is 2.14. The van der Waals surface area contributed by atoms with Gasteiger partial charge in [-0.1, -0.05) is 11.8 Å². The predicted octanol–water partition coefficient (Wildman–Crippen LogP) is 2.10. The summed E-state index contributed by atoms with van der Waals surface area (Å²) in [5.74, 6) is 2.03. The van der Waals surface area contributed by atoms with Crippen LogP contribution in [0.5, 0.6) is 0 Å². The number of halogens is 1. The van der Waals surface area contributed by atoms with E-state index in [1.54, 1.807) is 0 Å². The third-order valence-electron chi connectivity index (χ3n) is 0.203. The summed E-state index contributed by atoms with van der Waals surface area (Å²) in [6.07, 6.45) is 0. The Labute approximate surface area is 50.5 Å². The molecule has 0 saturated carbocycles. The lowest BCUT2D eigenvalue weighted by Crippen LogP contribution is -1.33. The van der Waals surface area contributed by atoms with E-state index in [9.17, 15) is 0 Å². The van der Waals surface area contributed by atoms with Crippen LogP contribution in [-0.2, 0) is 11.8 Å². The van der Waals surface area contributed by atoms with E-state index in [2.05, 4.69) is 22.0 Å². The van der Waals surface area contributed by atoms with Crippen molar-refractivity contribution in [3.05, 3.63) is 0 Å². The Morgan fingerprint density at radius 1 is 2.00 bits per heavy atom. The molecule has 0 heterocycles. The predicted molar refractivity (Wildman–Crippen MR) is 40.0 cm³/mol. The van der Waals surface area contributed by atoms with Gasteiger partial charge in [0.15, 0.2) is 0 Å². The van der Waals surface area contributed by atoms with Gasteiger partial charge in [0.1, 0.15) is 0 Å². The SMILES string of the molecule is CC=P(=S)I. The normalized spacial score (nSPS) is 12.0. The highest BCUT2D eigenvalue weighted by molar-refractivity contribution is 14.2. The topological polar surface area (TPSA) is 0 Å². The number of hydrogen-bond acceptors (Lipinski definition) is 1. The molecule has 0 amide bonds. The molecule has 30 valence electrons. The second kappa shape index (κ2) is 3.32. The fourth-order valence-electron chi connectivity index (χ4n) is 0. The van der Waals surface area contributed by atoms with Crippen molar-refractivity contribution >= 4 is 43.6 Å². The van der Waals surface area contributed by atoms with Crippen molar-refractivity contribution in [3.8, 4) is 0 Å². The van der Waals surface area contributed by atoms with Gasteiger partial charge in [-0.2, -0.15) is 0 Å². The third kappa shape index (κ3) is 5.12. The Morgan fingerprint density at radius 3 is 2.20 bits per heavy atom. The molecule has 0 bridgehead atoms. The van der Waals surface area contributed by atoms with Crippen LogP contribution in [-0.4, -0.2) is 5.80 Å². The molecule has 0 aromatic heterocycles. The van der Waals surface area contributed by atoms with Gasteiger partial charge >= 0.3 is 0 Å². The van der Waals surface area contributed by atoms with Crippen LogP contribution in [0.2, 0.25) is 0 Å². The molecule has 0 aliphatic heterocycles. The van der Waals surface area contributed by atoms with Gasteiger partial charge in [0.2, 0.25) is 0 Å². The van der Waals surface area contributed by atoms with Gasteiger partial charge < -0.3 is 0 Å².